The normalized spacial score (nSPS) is 11.0. The molecular formula is C33H26Br2ClN5O3S. The number of hydrogen-bond donors (Lipinski definition) is 3. The first-order valence-electron chi connectivity index (χ1n) is 13.6. The number of hydrogen-bond acceptors (Lipinski definition) is 7. The summed E-state index contributed by atoms with van der Waals surface area (Å²) in [6.07, 6.45) is 1.51. The maximum Gasteiger partial charge on any atom is 0.271 e. The van der Waals surface area contributed by atoms with Crippen molar-refractivity contribution in [3.05, 3.63) is 120 Å². The largest absolute Gasteiger partial charge is 0.481 e. The third kappa shape index (κ3) is 8.79. The van der Waals surface area contributed by atoms with Crippen molar-refractivity contribution in [2.45, 2.75) is 13.8 Å². The number of benzene rings is 4. The average Bonchev–Trinajstić information content (AvgIpc) is 3.48. The average molecular weight is 768 g/mol. The third-order valence-corrected chi connectivity index (χ3v) is 8.80. The minimum absolute atomic E-state index is 0.209. The predicted octanol–water partition coefficient (Wildman–Crippen LogP) is 9.13. The van der Waals surface area contributed by atoms with Crippen molar-refractivity contribution in [1.29, 1.82) is 0 Å². The molecule has 1 aromatic heterocycles. The van der Waals surface area contributed by atoms with Gasteiger partial charge in [0.1, 0.15) is 5.75 Å². The second-order valence-electron chi connectivity index (χ2n) is 9.92. The SMILES string of the molecule is Cc1ccc(Nc2nc(-c3ccc(C(=O)N/N=C/c4cc(Br)c(OCC(=O)Nc5ccc(C)c(Cl)c5)c(Br)c4)cc3)cs2)cc1. The number of aromatic nitrogens is 1. The quantitative estimate of drug-likeness (QED) is 0.0972. The number of ether oxygens (including phenoxy) is 1. The number of anilines is 3. The molecule has 0 fully saturated rings. The second kappa shape index (κ2) is 14.8. The number of nitrogens with zero attached hydrogens (tertiary/aromatic N) is 2. The highest BCUT2D eigenvalue weighted by Crippen LogP contribution is 2.34. The first-order valence-corrected chi connectivity index (χ1v) is 16.4. The molecule has 45 heavy (non-hydrogen) atoms. The Hall–Kier alpha value is -4.03. The van der Waals surface area contributed by atoms with E-state index in [2.05, 4.69) is 58.0 Å². The van der Waals surface area contributed by atoms with Gasteiger partial charge in [-0.1, -0.05) is 47.5 Å². The van der Waals surface area contributed by atoms with Gasteiger partial charge in [-0.15, -0.1) is 11.3 Å². The molecule has 0 saturated heterocycles. The smallest absolute Gasteiger partial charge is 0.271 e. The van der Waals surface area contributed by atoms with Crippen LogP contribution in [0.4, 0.5) is 16.5 Å². The van der Waals surface area contributed by atoms with Crippen LogP contribution in [0.5, 0.6) is 5.75 Å². The number of amides is 2. The van der Waals surface area contributed by atoms with Gasteiger partial charge in [-0.05, 0) is 105 Å². The number of rotatable bonds is 10. The molecule has 0 bridgehead atoms. The van der Waals surface area contributed by atoms with Crippen LogP contribution in [0, 0.1) is 13.8 Å². The van der Waals surface area contributed by atoms with E-state index in [1.807, 2.05) is 61.7 Å². The number of thiazole rings is 1. The molecule has 0 spiro atoms. The lowest BCUT2D eigenvalue weighted by Crippen LogP contribution is -2.20. The molecule has 5 aromatic rings. The Morgan fingerprint density at radius 1 is 0.956 bits per heavy atom. The zero-order valence-corrected chi connectivity index (χ0v) is 28.8. The zero-order valence-electron chi connectivity index (χ0n) is 24.0. The van der Waals surface area contributed by atoms with E-state index in [1.54, 1.807) is 36.4 Å². The van der Waals surface area contributed by atoms with Gasteiger partial charge in [-0.3, -0.25) is 9.59 Å². The molecule has 3 N–H and O–H groups in total. The van der Waals surface area contributed by atoms with Crippen LogP contribution in [0.2, 0.25) is 5.02 Å². The van der Waals surface area contributed by atoms with Crippen LogP contribution in [-0.4, -0.2) is 29.6 Å². The molecule has 0 atom stereocenters. The van der Waals surface area contributed by atoms with E-state index in [1.165, 1.54) is 23.1 Å². The molecule has 0 unspecified atom stereocenters. The van der Waals surface area contributed by atoms with Crippen LogP contribution in [-0.2, 0) is 4.79 Å². The lowest BCUT2D eigenvalue weighted by Gasteiger charge is -2.12. The van der Waals surface area contributed by atoms with Crippen LogP contribution in [0.25, 0.3) is 11.3 Å². The fourth-order valence-electron chi connectivity index (χ4n) is 4.04. The van der Waals surface area contributed by atoms with E-state index in [-0.39, 0.29) is 18.4 Å². The van der Waals surface area contributed by atoms with Gasteiger partial charge in [-0.25, -0.2) is 10.4 Å². The number of carbonyl (C=O) groups is 2. The number of carbonyl (C=O) groups excluding carboxylic acids is 2. The van der Waals surface area contributed by atoms with E-state index in [4.69, 9.17) is 16.3 Å². The Labute approximate surface area is 286 Å². The molecule has 5 rings (SSSR count). The Kier molecular flexibility index (Phi) is 10.7. The van der Waals surface area contributed by atoms with Crippen molar-refractivity contribution in [1.82, 2.24) is 10.4 Å². The third-order valence-electron chi connectivity index (χ3n) is 6.45. The summed E-state index contributed by atoms with van der Waals surface area (Å²) in [5.41, 5.74) is 9.09. The molecule has 0 aliphatic carbocycles. The molecule has 0 radical (unpaired) electrons. The van der Waals surface area contributed by atoms with E-state index in [0.29, 0.717) is 36.5 Å². The molecule has 8 nitrogen and oxygen atoms in total. The maximum absolute atomic E-state index is 12.7. The molecule has 0 aliphatic rings. The highest BCUT2D eigenvalue weighted by atomic mass is 79.9. The molecule has 4 aromatic carbocycles. The summed E-state index contributed by atoms with van der Waals surface area (Å²) in [5.74, 6) is -0.232. The highest BCUT2D eigenvalue weighted by molar-refractivity contribution is 9.11. The Balaban J connectivity index is 1.13. The van der Waals surface area contributed by atoms with Crippen LogP contribution in [0.15, 0.2) is 98.3 Å². The first-order chi connectivity index (χ1) is 21.6. The van der Waals surface area contributed by atoms with Crippen molar-refractivity contribution < 1.29 is 14.3 Å². The van der Waals surface area contributed by atoms with Crippen LogP contribution < -0.4 is 20.8 Å². The second-order valence-corrected chi connectivity index (χ2v) is 12.9. The molecular weight excluding hydrogens is 742 g/mol. The van der Waals surface area contributed by atoms with E-state index in [0.717, 1.165) is 27.6 Å². The predicted molar refractivity (Wildman–Crippen MR) is 189 cm³/mol. The summed E-state index contributed by atoms with van der Waals surface area (Å²) in [7, 11) is 0. The van der Waals surface area contributed by atoms with Gasteiger partial charge in [-0.2, -0.15) is 5.10 Å². The Morgan fingerprint density at radius 2 is 1.64 bits per heavy atom. The Bertz CT molecular complexity index is 1860. The lowest BCUT2D eigenvalue weighted by molar-refractivity contribution is -0.118. The summed E-state index contributed by atoms with van der Waals surface area (Å²) in [6, 6.07) is 24.1. The van der Waals surface area contributed by atoms with Gasteiger partial charge in [0.15, 0.2) is 11.7 Å². The van der Waals surface area contributed by atoms with Gasteiger partial charge in [0.25, 0.3) is 11.8 Å². The van der Waals surface area contributed by atoms with Crippen LogP contribution >= 0.6 is 54.8 Å². The molecule has 228 valence electrons. The number of nitrogens with one attached hydrogen (secondary N) is 3. The van der Waals surface area contributed by atoms with E-state index in [9.17, 15) is 9.59 Å². The van der Waals surface area contributed by atoms with Crippen molar-refractivity contribution in [2.24, 2.45) is 5.10 Å². The zero-order chi connectivity index (χ0) is 31.9. The minimum Gasteiger partial charge on any atom is -0.481 e. The van der Waals surface area contributed by atoms with Crippen LogP contribution in [0.3, 0.4) is 0 Å². The fraction of sp³-hybridized carbons (Fsp3) is 0.0909. The van der Waals surface area contributed by atoms with Crippen molar-refractivity contribution in [3.8, 4) is 17.0 Å². The van der Waals surface area contributed by atoms with Gasteiger partial charge >= 0.3 is 0 Å². The van der Waals surface area contributed by atoms with Gasteiger partial charge in [0.05, 0.1) is 20.9 Å². The standard InChI is InChI=1S/C33H26Br2ClN5O3S/c1-19-3-10-24(11-4-19)39-33-40-29(18-45-33)22-6-8-23(9-7-22)32(43)41-37-16-21-13-26(34)31(27(35)14-21)44-17-30(42)38-25-12-5-20(2)28(36)15-25/h3-16,18H,17H2,1-2H3,(H,38,42)(H,39,40)(H,41,43)/b37-16+. The summed E-state index contributed by atoms with van der Waals surface area (Å²) >= 11 is 14.6. The minimum atomic E-state index is -0.350. The molecule has 0 saturated carbocycles. The Morgan fingerprint density at radius 3 is 2.33 bits per heavy atom. The molecule has 12 heteroatoms. The fourth-order valence-corrected chi connectivity index (χ4v) is 6.41. The van der Waals surface area contributed by atoms with E-state index < -0.39 is 0 Å². The van der Waals surface area contributed by atoms with Gasteiger partial charge in [0.2, 0.25) is 0 Å². The first kappa shape index (κ1) is 32.4. The van der Waals surface area contributed by atoms with Crippen molar-refractivity contribution >= 4 is 89.3 Å². The topological polar surface area (TPSA) is 105 Å². The molecule has 1 heterocycles. The van der Waals surface area contributed by atoms with E-state index >= 15 is 0 Å². The highest BCUT2D eigenvalue weighted by Gasteiger charge is 2.13. The van der Waals surface area contributed by atoms with Gasteiger partial charge in [0, 0.05) is 32.9 Å². The van der Waals surface area contributed by atoms with Crippen LogP contribution in [0.1, 0.15) is 27.0 Å². The number of aryl methyl sites for hydroxylation is 2. The maximum atomic E-state index is 12.7. The molecule has 2 amide bonds. The van der Waals surface area contributed by atoms with Crippen molar-refractivity contribution in [2.75, 3.05) is 17.2 Å². The summed E-state index contributed by atoms with van der Waals surface area (Å²) in [6.45, 7) is 3.73. The summed E-state index contributed by atoms with van der Waals surface area (Å²) in [4.78, 5) is 29.7. The number of halogens is 3. The van der Waals surface area contributed by atoms with Crippen molar-refractivity contribution in [3.63, 3.8) is 0 Å². The summed E-state index contributed by atoms with van der Waals surface area (Å²) < 4.78 is 6.93. The summed E-state index contributed by atoms with van der Waals surface area (Å²) in [5, 5.41) is 13.5. The monoisotopic (exact) mass is 765 g/mol. The van der Waals surface area contributed by atoms with Gasteiger partial charge < -0.3 is 15.4 Å². The lowest BCUT2D eigenvalue weighted by atomic mass is 10.1. The number of hydrazone groups is 1. The molecule has 0 aliphatic heterocycles.